The molecule has 0 radical (unpaired) electrons. The first-order chi connectivity index (χ1) is 7.24. The Bertz CT molecular complexity index is 331. The predicted octanol–water partition coefficient (Wildman–Crippen LogP) is 3.19. The van der Waals surface area contributed by atoms with E-state index >= 15 is 0 Å². The maximum Gasteiger partial charge on any atom is 0.126 e. The predicted molar refractivity (Wildman–Crippen MR) is 62.3 cm³/mol. The number of allylic oxidation sites excluding steroid dienone is 1. The lowest BCUT2D eigenvalue weighted by Gasteiger charge is -2.04. The molecule has 82 valence electrons. The van der Waals surface area contributed by atoms with Crippen LogP contribution in [0.5, 0.6) is 0 Å². The number of halogens is 1. The first-order valence-corrected chi connectivity index (χ1v) is 5.31. The van der Waals surface area contributed by atoms with E-state index in [1.54, 1.807) is 6.92 Å². The van der Waals surface area contributed by atoms with Crippen LogP contribution in [0.2, 0.25) is 0 Å². The molecule has 0 bridgehead atoms. The van der Waals surface area contributed by atoms with Gasteiger partial charge in [-0.25, -0.2) is 4.39 Å². The van der Waals surface area contributed by atoms with Crippen molar-refractivity contribution < 1.29 is 4.39 Å². The van der Waals surface area contributed by atoms with Gasteiger partial charge in [0, 0.05) is 6.54 Å². The number of benzene rings is 1. The van der Waals surface area contributed by atoms with Gasteiger partial charge < -0.3 is 5.32 Å². The molecular weight excluding hydrogens is 189 g/mol. The van der Waals surface area contributed by atoms with Gasteiger partial charge in [-0.15, -0.1) is 0 Å². The standard InChI is InChI=1S/C13H18FN/c1-3-4-5-8-15-10-12-6-7-13(14)11(2)9-12/h3-4,6-7,9,15H,5,8,10H2,1-2H3/b4-3+. The number of rotatable bonds is 5. The third-order valence-corrected chi connectivity index (χ3v) is 2.27. The van der Waals surface area contributed by atoms with Crippen LogP contribution in [0.15, 0.2) is 30.4 Å². The summed E-state index contributed by atoms with van der Waals surface area (Å²) in [5.41, 5.74) is 1.84. The molecule has 0 saturated heterocycles. The zero-order valence-corrected chi connectivity index (χ0v) is 9.39. The van der Waals surface area contributed by atoms with E-state index in [2.05, 4.69) is 11.4 Å². The van der Waals surface area contributed by atoms with Gasteiger partial charge >= 0.3 is 0 Å². The van der Waals surface area contributed by atoms with Gasteiger partial charge in [-0.2, -0.15) is 0 Å². The first kappa shape index (κ1) is 11.9. The molecule has 0 aliphatic heterocycles. The Kier molecular flexibility index (Phi) is 5.05. The van der Waals surface area contributed by atoms with Crippen molar-refractivity contribution in [3.05, 3.63) is 47.3 Å². The summed E-state index contributed by atoms with van der Waals surface area (Å²) >= 11 is 0. The van der Waals surface area contributed by atoms with Crippen molar-refractivity contribution in [1.29, 1.82) is 0 Å². The fourth-order valence-electron chi connectivity index (χ4n) is 1.40. The Morgan fingerprint density at radius 3 is 2.87 bits per heavy atom. The summed E-state index contributed by atoms with van der Waals surface area (Å²) in [5.74, 6) is -0.132. The highest BCUT2D eigenvalue weighted by Gasteiger charge is 1.97. The van der Waals surface area contributed by atoms with Crippen molar-refractivity contribution in [3.63, 3.8) is 0 Å². The zero-order valence-electron chi connectivity index (χ0n) is 9.39. The van der Waals surface area contributed by atoms with E-state index in [1.165, 1.54) is 6.07 Å². The summed E-state index contributed by atoms with van der Waals surface area (Å²) in [5, 5.41) is 3.31. The molecule has 15 heavy (non-hydrogen) atoms. The summed E-state index contributed by atoms with van der Waals surface area (Å²) < 4.78 is 13.0. The summed E-state index contributed by atoms with van der Waals surface area (Å²) in [6, 6.07) is 5.24. The highest BCUT2D eigenvalue weighted by Crippen LogP contribution is 2.08. The minimum absolute atomic E-state index is 0.132. The van der Waals surface area contributed by atoms with E-state index < -0.39 is 0 Å². The molecule has 0 saturated carbocycles. The second-order valence-electron chi connectivity index (χ2n) is 3.62. The van der Waals surface area contributed by atoms with Gasteiger partial charge in [0.25, 0.3) is 0 Å². The highest BCUT2D eigenvalue weighted by atomic mass is 19.1. The Labute approximate surface area is 91.0 Å². The number of hydrogen-bond acceptors (Lipinski definition) is 1. The van der Waals surface area contributed by atoms with Crippen LogP contribution in [0.25, 0.3) is 0 Å². The number of hydrogen-bond donors (Lipinski definition) is 1. The smallest absolute Gasteiger partial charge is 0.126 e. The zero-order chi connectivity index (χ0) is 11.1. The third kappa shape index (κ3) is 4.26. The Balaban J connectivity index is 2.34. The summed E-state index contributed by atoms with van der Waals surface area (Å²) in [4.78, 5) is 0. The first-order valence-electron chi connectivity index (χ1n) is 5.31. The molecule has 0 aromatic heterocycles. The van der Waals surface area contributed by atoms with Gasteiger partial charge in [0.2, 0.25) is 0 Å². The van der Waals surface area contributed by atoms with Gasteiger partial charge in [-0.05, 0) is 44.0 Å². The SMILES string of the molecule is C/C=C/CCNCc1ccc(F)c(C)c1. The molecule has 1 rings (SSSR count). The highest BCUT2D eigenvalue weighted by molar-refractivity contribution is 5.23. The van der Waals surface area contributed by atoms with Crippen molar-refractivity contribution >= 4 is 0 Å². The molecule has 2 heteroatoms. The number of nitrogens with one attached hydrogen (secondary N) is 1. The second kappa shape index (κ2) is 6.36. The van der Waals surface area contributed by atoms with E-state index in [9.17, 15) is 4.39 Å². The summed E-state index contributed by atoms with van der Waals surface area (Å²) in [7, 11) is 0. The van der Waals surface area contributed by atoms with Crippen molar-refractivity contribution in [2.75, 3.05) is 6.54 Å². The molecule has 0 unspecified atom stereocenters. The molecule has 1 aromatic rings. The third-order valence-electron chi connectivity index (χ3n) is 2.27. The monoisotopic (exact) mass is 207 g/mol. The largest absolute Gasteiger partial charge is 0.312 e. The lowest BCUT2D eigenvalue weighted by atomic mass is 10.1. The average Bonchev–Trinajstić information content (AvgIpc) is 2.23. The van der Waals surface area contributed by atoms with Crippen LogP contribution in [-0.4, -0.2) is 6.54 Å². The van der Waals surface area contributed by atoms with E-state index in [0.717, 1.165) is 25.1 Å². The molecule has 0 aliphatic carbocycles. The van der Waals surface area contributed by atoms with Crippen LogP contribution in [0.3, 0.4) is 0 Å². The molecule has 0 spiro atoms. The Morgan fingerprint density at radius 1 is 1.40 bits per heavy atom. The molecule has 0 atom stereocenters. The molecule has 0 amide bonds. The van der Waals surface area contributed by atoms with Crippen molar-refractivity contribution in [2.24, 2.45) is 0 Å². The van der Waals surface area contributed by atoms with E-state index in [4.69, 9.17) is 0 Å². The maximum atomic E-state index is 13.0. The lowest BCUT2D eigenvalue weighted by Crippen LogP contribution is -2.14. The van der Waals surface area contributed by atoms with Crippen LogP contribution in [0.4, 0.5) is 4.39 Å². The van der Waals surface area contributed by atoms with Gasteiger partial charge in [0.1, 0.15) is 5.82 Å². The van der Waals surface area contributed by atoms with Crippen molar-refractivity contribution in [3.8, 4) is 0 Å². The Hall–Kier alpha value is -1.15. The second-order valence-corrected chi connectivity index (χ2v) is 3.62. The minimum atomic E-state index is -0.132. The van der Waals surface area contributed by atoms with Crippen LogP contribution in [0, 0.1) is 12.7 Å². The number of aryl methyl sites for hydroxylation is 1. The van der Waals surface area contributed by atoms with Gasteiger partial charge in [-0.1, -0.05) is 24.3 Å². The quantitative estimate of drug-likeness (QED) is 0.577. The van der Waals surface area contributed by atoms with Crippen LogP contribution in [-0.2, 0) is 6.54 Å². The van der Waals surface area contributed by atoms with E-state index in [0.29, 0.717) is 5.56 Å². The average molecular weight is 207 g/mol. The van der Waals surface area contributed by atoms with E-state index in [1.807, 2.05) is 25.1 Å². The van der Waals surface area contributed by atoms with Crippen molar-refractivity contribution in [2.45, 2.75) is 26.8 Å². The van der Waals surface area contributed by atoms with Crippen LogP contribution >= 0.6 is 0 Å². The van der Waals surface area contributed by atoms with Crippen LogP contribution < -0.4 is 5.32 Å². The van der Waals surface area contributed by atoms with E-state index in [-0.39, 0.29) is 5.82 Å². The molecule has 0 heterocycles. The van der Waals surface area contributed by atoms with Crippen molar-refractivity contribution in [1.82, 2.24) is 5.32 Å². The maximum absolute atomic E-state index is 13.0. The van der Waals surface area contributed by atoms with Gasteiger partial charge in [-0.3, -0.25) is 0 Å². The van der Waals surface area contributed by atoms with Crippen LogP contribution in [0.1, 0.15) is 24.5 Å². The molecular formula is C13H18FN. The topological polar surface area (TPSA) is 12.0 Å². The van der Waals surface area contributed by atoms with Gasteiger partial charge in [0.05, 0.1) is 0 Å². The summed E-state index contributed by atoms with van der Waals surface area (Å²) in [6.45, 7) is 5.57. The fraction of sp³-hybridized carbons (Fsp3) is 0.385. The molecule has 0 fully saturated rings. The van der Waals surface area contributed by atoms with Gasteiger partial charge in [0.15, 0.2) is 0 Å². The Morgan fingerprint density at radius 2 is 2.20 bits per heavy atom. The molecule has 1 N–H and O–H groups in total. The molecule has 1 nitrogen and oxygen atoms in total. The lowest BCUT2D eigenvalue weighted by molar-refractivity contribution is 0.615. The minimum Gasteiger partial charge on any atom is -0.312 e. The fourth-order valence-corrected chi connectivity index (χ4v) is 1.40. The normalized spacial score (nSPS) is 11.1. The molecule has 0 aliphatic rings. The summed E-state index contributed by atoms with van der Waals surface area (Å²) in [6.07, 6.45) is 5.21. The molecule has 1 aromatic carbocycles.